The summed E-state index contributed by atoms with van der Waals surface area (Å²) in [6, 6.07) is 15.2. The van der Waals surface area contributed by atoms with Gasteiger partial charge in [-0.2, -0.15) is 8.42 Å². The molecule has 1 aliphatic rings. The molecule has 1 heterocycles. The van der Waals surface area contributed by atoms with E-state index < -0.39 is 15.7 Å². The topological polar surface area (TPSA) is 72.8 Å². The van der Waals surface area contributed by atoms with Crippen molar-refractivity contribution in [1.29, 1.82) is 0 Å². The molecule has 29 heavy (non-hydrogen) atoms. The quantitative estimate of drug-likeness (QED) is 0.610. The van der Waals surface area contributed by atoms with Gasteiger partial charge in [0.25, 0.3) is 0 Å². The van der Waals surface area contributed by atoms with Crippen LogP contribution in [-0.4, -0.2) is 13.5 Å². The molecule has 3 aromatic rings. The van der Waals surface area contributed by atoms with Crippen molar-refractivity contribution < 1.29 is 22.4 Å². The number of aryl methyl sites for hydroxylation is 2. The summed E-state index contributed by atoms with van der Waals surface area (Å²) < 4.78 is 36.6. The summed E-state index contributed by atoms with van der Waals surface area (Å²) in [4.78, 5) is 0.0440. The maximum absolute atomic E-state index is 12.6. The van der Waals surface area contributed by atoms with Crippen molar-refractivity contribution in [3.05, 3.63) is 71.3 Å². The number of hydrogen-bond donors (Lipinski definition) is 1. The van der Waals surface area contributed by atoms with Crippen molar-refractivity contribution in [2.75, 3.05) is 0 Å². The maximum atomic E-state index is 12.6. The molecule has 6 heteroatoms. The average molecular weight is 410 g/mol. The van der Waals surface area contributed by atoms with Gasteiger partial charge in [-0.1, -0.05) is 41.5 Å². The number of hydrogen-bond acceptors (Lipinski definition) is 5. The molecule has 0 amide bonds. The van der Waals surface area contributed by atoms with E-state index in [1.54, 1.807) is 12.1 Å². The van der Waals surface area contributed by atoms with Crippen LogP contribution in [0.3, 0.4) is 0 Å². The van der Waals surface area contributed by atoms with Crippen LogP contribution in [0.5, 0.6) is 17.2 Å². The second kappa shape index (κ2) is 6.52. The molecule has 0 aromatic heterocycles. The Kier molecular flexibility index (Phi) is 4.35. The Hall–Kier alpha value is -2.99. The zero-order valence-electron chi connectivity index (χ0n) is 16.7. The lowest BCUT2D eigenvalue weighted by Crippen LogP contribution is -2.29. The Morgan fingerprint density at radius 2 is 1.59 bits per heavy atom. The molecule has 0 saturated heterocycles. The average Bonchev–Trinajstić information content (AvgIpc) is 2.60. The first-order valence-corrected chi connectivity index (χ1v) is 10.7. The molecule has 1 N–H and O–H groups in total. The molecule has 0 atom stereocenters. The normalized spacial score (nSPS) is 14.5. The van der Waals surface area contributed by atoms with Crippen molar-refractivity contribution in [3.8, 4) is 28.4 Å². The van der Waals surface area contributed by atoms with Gasteiger partial charge in [-0.05, 0) is 45.4 Å². The zero-order chi connectivity index (χ0) is 21.0. The first kappa shape index (κ1) is 19.3. The van der Waals surface area contributed by atoms with Crippen LogP contribution < -0.4 is 8.92 Å². The van der Waals surface area contributed by atoms with Gasteiger partial charge in [-0.3, -0.25) is 0 Å². The summed E-state index contributed by atoms with van der Waals surface area (Å²) in [5.41, 5.74) is 3.70. The fourth-order valence-corrected chi connectivity index (χ4v) is 4.49. The molecular weight excluding hydrogens is 388 g/mol. The molecule has 0 aliphatic carbocycles. The SMILES string of the molecule is Cc1ccc(S(=O)(=O)Oc2cc(O)c3c(c2)OC(C)(C)c2ccc(C)cc2-3)cc1. The fraction of sp³-hybridized carbons (Fsp3) is 0.217. The van der Waals surface area contributed by atoms with E-state index in [-0.39, 0.29) is 16.4 Å². The number of rotatable bonds is 3. The molecule has 0 saturated carbocycles. The van der Waals surface area contributed by atoms with Gasteiger partial charge < -0.3 is 14.0 Å². The Morgan fingerprint density at radius 1 is 0.931 bits per heavy atom. The van der Waals surface area contributed by atoms with E-state index in [0.29, 0.717) is 11.3 Å². The predicted octanol–water partition coefficient (Wildman–Crippen LogP) is 5.07. The number of benzene rings is 3. The third kappa shape index (κ3) is 3.44. The molecule has 0 fully saturated rings. The third-order valence-electron chi connectivity index (χ3n) is 5.03. The summed E-state index contributed by atoms with van der Waals surface area (Å²) >= 11 is 0. The third-order valence-corrected chi connectivity index (χ3v) is 6.29. The van der Waals surface area contributed by atoms with Crippen molar-refractivity contribution in [2.24, 2.45) is 0 Å². The monoisotopic (exact) mass is 410 g/mol. The summed E-state index contributed by atoms with van der Waals surface area (Å²) in [7, 11) is -4.04. The number of ether oxygens (including phenoxy) is 1. The van der Waals surface area contributed by atoms with Crippen molar-refractivity contribution in [2.45, 2.75) is 38.2 Å². The molecule has 0 spiro atoms. The van der Waals surface area contributed by atoms with Crippen LogP contribution in [0.15, 0.2) is 59.5 Å². The van der Waals surface area contributed by atoms with Gasteiger partial charge in [0.1, 0.15) is 27.7 Å². The fourth-order valence-electron chi connectivity index (χ4n) is 3.58. The highest BCUT2D eigenvalue weighted by atomic mass is 32.2. The van der Waals surface area contributed by atoms with Gasteiger partial charge >= 0.3 is 10.1 Å². The first-order chi connectivity index (χ1) is 13.6. The lowest BCUT2D eigenvalue weighted by atomic mass is 9.85. The highest BCUT2D eigenvalue weighted by Crippen LogP contribution is 2.50. The Balaban J connectivity index is 1.79. The van der Waals surface area contributed by atoms with E-state index in [4.69, 9.17) is 8.92 Å². The van der Waals surface area contributed by atoms with E-state index in [0.717, 1.165) is 22.3 Å². The lowest BCUT2D eigenvalue weighted by molar-refractivity contribution is 0.105. The van der Waals surface area contributed by atoms with Gasteiger partial charge in [-0.25, -0.2) is 0 Å². The molecule has 1 aliphatic heterocycles. The van der Waals surface area contributed by atoms with Crippen LogP contribution in [0.25, 0.3) is 11.1 Å². The Labute approximate surface area is 170 Å². The van der Waals surface area contributed by atoms with Crippen molar-refractivity contribution in [1.82, 2.24) is 0 Å². The minimum Gasteiger partial charge on any atom is -0.507 e. The second-order valence-corrected chi connectivity index (χ2v) is 9.37. The van der Waals surface area contributed by atoms with Gasteiger partial charge in [0, 0.05) is 17.7 Å². The smallest absolute Gasteiger partial charge is 0.339 e. The predicted molar refractivity (Wildman–Crippen MR) is 111 cm³/mol. The van der Waals surface area contributed by atoms with Crippen LogP contribution in [0.4, 0.5) is 0 Å². The summed E-state index contributed by atoms with van der Waals surface area (Å²) in [6.07, 6.45) is 0. The molecule has 5 nitrogen and oxygen atoms in total. The first-order valence-electron chi connectivity index (χ1n) is 9.25. The number of phenols is 1. The van der Waals surface area contributed by atoms with Gasteiger partial charge in [-0.15, -0.1) is 0 Å². The largest absolute Gasteiger partial charge is 0.507 e. The summed E-state index contributed by atoms with van der Waals surface area (Å²) in [5, 5.41) is 10.7. The van der Waals surface area contributed by atoms with Crippen LogP contribution in [0, 0.1) is 13.8 Å². The van der Waals surface area contributed by atoms with E-state index in [2.05, 4.69) is 0 Å². The zero-order valence-corrected chi connectivity index (χ0v) is 17.5. The highest BCUT2D eigenvalue weighted by molar-refractivity contribution is 7.87. The number of aromatic hydroxyl groups is 1. The van der Waals surface area contributed by atoms with E-state index >= 15 is 0 Å². The Morgan fingerprint density at radius 3 is 2.28 bits per heavy atom. The second-order valence-electron chi connectivity index (χ2n) is 7.83. The summed E-state index contributed by atoms with van der Waals surface area (Å²) in [6.45, 7) is 7.71. The number of phenolic OH excluding ortho intramolecular Hbond substituents is 1. The molecule has 3 aromatic carbocycles. The van der Waals surface area contributed by atoms with Crippen LogP contribution in [0.1, 0.15) is 30.5 Å². The van der Waals surface area contributed by atoms with E-state index in [9.17, 15) is 13.5 Å². The summed E-state index contributed by atoms with van der Waals surface area (Å²) in [5.74, 6) is 0.273. The molecule has 150 valence electrons. The lowest BCUT2D eigenvalue weighted by Gasteiger charge is -2.35. The van der Waals surface area contributed by atoms with Crippen LogP contribution >= 0.6 is 0 Å². The van der Waals surface area contributed by atoms with Gasteiger partial charge in [0.05, 0.1) is 5.56 Å². The van der Waals surface area contributed by atoms with Gasteiger partial charge in [0.2, 0.25) is 0 Å². The number of fused-ring (bicyclic) bond motifs is 3. The molecule has 0 radical (unpaired) electrons. The van der Waals surface area contributed by atoms with Crippen molar-refractivity contribution >= 4 is 10.1 Å². The van der Waals surface area contributed by atoms with Crippen LogP contribution in [-0.2, 0) is 15.7 Å². The van der Waals surface area contributed by atoms with E-state index in [1.807, 2.05) is 45.9 Å². The van der Waals surface area contributed by atoms with Gasteiger partial charge in [0.15, 0.2) is 0 Å². The Bertz CT molecular complexity index is 1210. The molecule has 0 bridgehead atoms. The van der Waals surface area contributed by atoms with Crippen molar-refractivity contribution in [3.63, 3.8) is 0 Å². The molecule has 4 rings (SSSR count). The maximum Gasteiger partial charge on any atom is 0.339 e. The minimum absolute atomic E-state index is 0.00581. The highest BCUT2D eigenvalue weighted by Gasteiger charge is 2.35. The molecular formula is C23H22O5S. The van der Waals surface area contributed by atoms with Crippen LogP contribution in [0.2, 0.25) is 0 Å². The standard InChI is InChI=1S/C23H22O5S/c1-14-5-8-17(9-6-14)29(25,26)28-16-12-20(24)22-18-11-15(2)7-10-19(18)23(3,4)27-21(22)13-16/h5-13,24H,1-4H3. The minimum atomic E-state index is -4.04. The van der Waals surface area contributed by atoms with E-state index in [1.165, 1.54) is 24.3 Å². The molecule has 0 unspecified atom stereocenters.